The smallest absolute Gasteiger partial charge is 0.251 e. The number of carbonyl (C=O) groups is 2. The summed E-state index contributed by atoms with van der Waals surface area (Å²) >= 11 is 0. The van der Waals surface area contributed by atoms with E-state index in [0.29, 0.717) is 12.1 Å². The van der Waals surface area contributed by atoms with Crippen LogP contribution in [-0.2, 0) is 17.8 Å². The van der Waals surface area contributed by atoms with Crippen molar-refractivity contribution in [2.24, 2.45) is 0 Å². The van der Waals surface area contributed by atoms with E-state index in [1.165, 1.54) is 11.4 Å². The summed E-state index contributed by atoms with van der Waals surface area (Å²) in [5.74, 6) is -0.0260. The van der Waals surface area contributed by atoms with Gasteiger partial charge in [0.15, 0.2) is 0 Å². The fraction of sp³-hybridized carbons (Fsp3) is 0.250. The van der Waals surface area contributed by atoms with E-state index < -0.39 is 0 Å². The summed E-state index contributed by atoms with van der Waals surface area (Å²) in [7, 11) is 0. The van der Waals surface area contributed by atoms with Crippen LogP contribution in [0.1, 0.15) is 39.8 Å². The number of hydrogen-bond acceptors (Lipinski definition) is 2. The minimum atomic E-state index is -0.0941. The average Bonchev–Trinajstić information content (AvgIpc) is 3.29. The highest BCUT2D eigenvalue weighted by Crippen LogP contribution is 2.28. The molecule has 0 radical (unpaired) electrons. The molecule has 5 heteroatoms. The second kappa shape index (κ2) is 7.59. The Morgan fingerprint density at radius 1 is 0.966 bits per heavy atom. The number of aromatic nitrogens is 1. The fourth-order valence-electron chi connectivity index (χ4n) is 4.01. The molecule has 0 saturated carbocycles. The van der Waals surface area contributed by atoms with E-state index in [9.17, 15) is 9.59 Å². The molecule has 1 aliphatic heterocycles. The molecule has 0 aliphatic carbocycles. The first-order valence-electron chi connectivity index (χ1n) is 9.87. The topological polar surface area (TPSA) is 54.3 Å². The summed E-state index contributed by atoms with van der Waals surface area (Å²) in [4.78, 5) is 26.0. The Hall–Kier alpha value is -3.34. The van der Waals surface area contributed by atoms with Crippen LogP contribution in [0.2, 0.25) is 0 Å². The van der Waals surface area contributed by atoms with Crippen molar-refractivity contribution < 1.29 is 9.59 Å². The molecule has 5 nitrogen and oxygen atoms in total. The number of amides is 2. The summed E-state index contributed by atoms with van der Waals surface area (Å²) in [5, 5.41) is 2.99. The largest absolute Gasteiger partial charge is 0.348 e. The molecule has 2 heterocycles. The lowest BCUT2D eigenvalue weighted by Gasteiger charge is -2.15. The van der Waals surface area contributed by atoms with Crippen LogP contribution in [0.25, 0.3) is 5.69 Å². The summed E-state index contributed by atoms with van der Waals surface area (Å²) in [6.45, 7) is 6.92. The highest BCUT2D eigenvalue weighted by molar-refractivity contribution is 5.95. The van der Waals surface area contributed by atoms with Crippen LogP contribution in [-0.4, -0.2) is 22.9 Å². The number of nitrogens with zero attached hydrogens (tertiary/aromatic N) is 2. The van der Waals surface area contributed by atoms with Crippen LogP contribution in [0.5, 0.6) is 0 Å². The van der Waals surface area contributed by atoms with Crippen LogP contribution in [0.15, 0.2) is 54.6 Å². The number of hydrogen-bond donors (Lipinski definition) is 1. The van der Waals surface area contributed by atoms with Gasteiger partial charge >= 0.3 is 0 Å². The minimum absolute atomic E-state index is 0.0681. The van der Waals surface area contributed by atoms with E-state index in [1.54, 1.807) is 11.8 Å². The average molecular weight is 387 g/mol. The monoisotopic (exact) mass is 387 g/mol. The molecule has 0 spiro atoms. The van der Waals surface area contributed by atoms with Crippen molar-refractivity contribution in [1.82, 2.24) is 9.88 Å². The van der Waals surface area contributed by atoms with Crippen molar-refractivity contribution in [2.45, 2.75) is 33.7 Å². The molecule has 0 bridgehead atoms. The standard InChI is InChI=1S/C24H25N3O2/c1-16-4-5-17(2)27(16)22-9-7-20(8-10-22)24(29)25-15-19-6-11-23-21(14-19)12-13-26(23)18(3)28/h4-11,14H,12-13,15H2,1-3H3,(H,25,29). The third-order valence-corrected chi connectivity index (χ3v) is 5.53. The Kier molecular flexibility index (Phi) is 4.97. The van der Waals surface area contributed by atoms with Crippen LogP contribution in [0.4, 0.5) is 5.69 Å². The van der Waals surface area contributed by atoms with E-state index >= 15 is 0 Å². The van der Waals surface area contributed by atoms with E-state index in [1.807, 2.05) is 36.4 Å². The van der Waals surface area contributed by atoms with Gasteiger partial charge in [-0.15, -0.1) is 0 Å². The number of aryl methyl sites for hydroxylation is 2. The third-order valence-electron chi connectivity index (χ3n) is 5.53. The molecule has 0 atom stereocenters. The lowest BCUT2D eigenvalue weighted by Crippen LogP contribution is -2.25. The highest BCUT2D eigenvalue weighted by Gasteiger charge is 2.22. The Bertz CT molecular complexity index is 1060. The number of anilines is 1. The summed E-state index contributed by atoms with van der Waals surface area (Å²) in [6, 6.07) is 17.9. The molecule has 3 aromatic rings. The van der Waals surface area contributed by atoms with Crippen molar-refractivity contribution in [1.29, 1.82) is 0 Å². The van der Waals surface area contributed by atoms with Crippen molar-refractivity contribution in [3.63, 3.8) is 0 Å². The third kappa shape index (κ3) is 3.68. The van der Waals surface area contributed by atoms with E-state index in [2.05, 4.69) is 41.9 Å². The molecule has 4 rings (SSSR count). The van der Waals surface area contributed by atoms with Gasteiger partial charge in [-0.1, -0.05) is 12.1 Å². The van der Waals surface area contributed by atoms with Gasteiger partial charge in [0.25, 0.3) is 5.91 Å². The maximum Gasteiger partial charge on any atom is 0.251 e. The molecule has 0 fully saturated rings. The van der Waals surface area contributed by atoms with Gasteiger partial charge in [0.2, 0.25) is 5.91 Å². The van der Waals surface area contributed by atoms with Gasteiger partial charge in [0.05, 0.1) is 0 Å². The molecule has 148 valence electrons. The Labute approximate surface area is 171 Å². The molecular weight excluding hydrogens is 362 g/mol. The lowest BCUT2D eigenvalue weighted by atomic mass is 10.1. The van der Waals surface area contributed by atoms with Crippen molar-refractivity contribution >= 4 is 17.5 Å². The quantitative estimate of drug-likeness (QED) is 0.737. The minimum Gasteiger partial charge on any atom is -0.348 e. The second-order valence-corrected chi connectivity index (χ2v) is 7.56. The predicted molar refractivity (Wildman–Crippen MR) is 115 cm³/mol. The molecule has 1 aliphatic rings. The second-order valence-electron chi connectivity index (χ2n) is 7.56. The first-order chi connectivity index (χ1) is 13.9. The Morgan fingerprint density at radius 2 is 1.66 bits per heavy atom. The number of benzene rings is 2. The summed E-state index contributed by atoms with van der Waals surface area (Å²) in [5.41, 5.74) is 7.21. The van der Waals surface area contributed by atoms with Crippen molar-refractivity contribution in [3.8, 4) is 5.69 Å². The van der Waals surface area contributed by atoms with Gasteiger partial charge in [-0.05, 0) is 73.9 Å². The normalized spacial score (nSPS) is 12.7. The van der Waals surface area contributed by atoms with Crippen LogP contribution in [0, 0.1) is 13.8 Å². The maximum atomic E-state index is 12.6. The van der Waals surface area contributed by atoms with Crippen LogP contribution in [0.3, 0.4) is 0 Å². The predicted octanol–water partition coefficient (Wildman–Crippen LogP) is 3.93. The lowest BCUT2D eigenvalue weighted by molar-refractivity contribution is -0.116. The van der Waals surface area contributed by atoms with E-state index in [0.717, 1.165) is 35.5 Å². The van der Waals surface area contributed by atoms with Gasteiger partial charge in [-0.3, -0.25) is 9.59 Å². The highest BCUT2D eigenvalue weighted by atomic mass is 16.2. The molecule has 0 unspecified atom stereocenters. The number of carbonyl (C=O) groups excluding carboxylic acids is 2. The van der Waals surface area contributed by atoms with Crippen LogP contribution >= 0.6 is 0 Å². The number of rotatable bonds is 4. The van der Waals surface area contributed by atoms with E-state index in [4.69, 9.17) is 0 Å². The fourth-order valence-corrected chi connectivity index (χ4v) is 4.01. The first kappa shape index (κ1) is 19.0. The molecule has 29 heavy (non-hydrogen) atoms. The van der Waals surface area contributed by atoms with Crippen molar-refractivity contribution in [2.75, 3.05) is 11.4 Å². The van der Waals surface area contributed by atoms with Crippen LogP contribution < -0.4 is 10.2 Å². The molecule has 2 amide bonds. The number of fused-ring (bicyclic) bond motifs is 1. The summed E-state index contributed by atoms with van der Waals surface area (Å²) in [6.07, 6.45) is 0.858. The van der Waals surface area contributed by atoms with Gasteiger partial charge < -0.3 is 14.8 Å². The molecular formula is C24H25N3O2. The maximum absolute atomic E-state index is 12.6. The Morgan fingerprint density at radius 3 is 2.31 bits per heavy atom. The summed E-state index contributed by atoms with van der Waals surface area (Å²) < 4.78 is 2.16. The molecule has 1 N–H and O–H groups in total. The van der Waals surface area contributed by atoms with Gasteiger partial charge in [0.1, 0.15) is 0 Å². The zero-order valence-electron chi connectivity index (χ0n) is 17.0. The zero-order chi connectivity index (χ0) is 20.5. The molecule has 2 aromatic carbocycles. The van der Waals surface area contributed by atoms with E-state index in [-0.39, 0.29) is 11.8 Å². The van der Waals surface area contributed by atoms with Crippen molar-refractivity contribution in [3.05, 3.63) is 82.7 Å². The number of nitrogens with one attached hydrogen (secondary N) is 1. The van der Waals surface area contributed by atoms with Gasteiger partial charge in [-0.25, -0.2) is 0 Å². The molecule has 0 saturated heterocycles. The zero-order valence-corrected chi connectivity index (χ0v) is 17.0. The first-order valence-corrected chi connectivity index (χ1v) is 9.87. The van der Waals surface area contributed by atoms with Gasteiger partial charge in [0, 0.05) is 48.3 Å². The SMILES string of the molecule is CC(=O)N1CCc2cc(CNC(=O)c3ccc(-n4c(C)ccc4C)cc3)ccc21. The molecule has 1 aromatic heterocycles. The Balaban J connectivity index is 1.42. The van der Waals surface area contributed by atoms with Gasteiger partial charge in [-0.2, -0.15) is 0 Å².